The third-order valence-corrected chi connectivity index (χ3v) is 5.77. The molecule has 1 unspecified atom stereocenters. The van der Waals surface area contributed by atoms with Gasteiger partial charge in [0.25, 0.3) is 0 Å². The lowest BCUT2D eigenvalue weighted by molar-refractivity contribution is 0.205. The second kappa shape index (κ2) is 8.45. The van der Waals surface area contributed by atoms with E-state index in [2.05, 4.69) is 18.2 Å². The van der Waals surface area contributed by atoms with Gasteiger partial charge in [0, 0.05) is 0 Å². The smallest absolute Gasteiger partial charge is 0.123 e. The van der Waals surface area contributed by atoms with Crippen LogP contribution in [0.3, 0.4) is 0 Å². The maximum Gasteiger partial charge on any atom is 0.123 e. The molecule has 0 radical (unpaired) electrons. The molecule has 3 rings (SSSR count). The van der Waals surface area contributed by atoms with Gasteiger partial charge in [-0.3, -0.25) is 4.39 Å². The van der Waals surface area contributed by atoms with E-state index >= 15 is 0 Å². The number of allylic oxidation sites excluding steroid dienone is 6. The molecule has 136 valence electrons. The summed E-state index contributed by atoms with van der Waals surface area (Å²) in [6.07, 6.45) is 15.5. The molecule has 1 fully saturated rings. The first kappa shape index (κ1) is 18.6. The first-order valence-electron chi connectivity index (χ1n) is 9.46. The largest absolute Gasteiger partial charge is 0.251 e. The molecule has 1 nitrogen and oxygen atoms in total. The maximum absolute atomic E-state index is 13.4. The second-order valence-corrected chi connectivity index (χ2v) is 7.38. The Bertz CT molecular complexity index is 748. The highest BCUT2D eigenvalue weighted by Crippen LogP contribution is 2.46. The van der Waals surface area contributed by atoms with Crippen LogP contribution in [0, 0.1) is 34.4 Å². The van der Waals surface area contributed by atoms with Gasteiger partial charge in [-0.2, -0.15) is 5.26 Å². The van der Waals surface area contributed by atoms with E-state index in [1.165, 1.54) is 12.1 Å². The molecule has 0 aliphatic heterocycles. The van der Waals surface area contributed by atoms with E-state index in [1.54, 1.807) is 6.07 Å². The summed E-state index contributed by atoms with van der Waals surface area (Å²) in [5, 5.41) is 9.89. The lowest BCUT2D eigenvalue weighted by Gasteiger charge is -2.38. The Balaban J connectivity index is 1.65. The zero-order valence-electron chi connectivity index (χ0n) is 15.0. The number of nitrogens with zero attached hydrogens (tertiary/aromatic N) is 1. The average Bonchev–Trinajstić information content (AvgIpc) is 2.69. The standard InChI is InChI=1S/C23H25F2N/c24-15-2-1-4-18-7-9-21(10-8-18)23(17-26)13-11-19(12-14-23)20-5-3-6-22(25)16-20/h1,3-6,11-13,16,18,21H,2,7-10,14-15H2. The molecule has 1 atom stereocenters. The van der Waals surface area contributed by atoms with Crippen molar-refractivity contribution in [2.24, 2.45) is 17.3 Å². The highest BCUT2D eigenvalue weighted by molar-refractivity contribution is 5.75. The molecule has 26 heavy (non-hydrogen) atoms. The van der Waals surface area contributed by atoms with Crippen LogP contribution >= 0.6 is 0 Å². The summed E-state index contributed by atoms with van der Waals surface area (Å²) >= 11 is 0. The Morgan fingerprint density at radius 3 is 2.65 bits per heavy atom. The number of hydrogen-bond acceptors (Lipinski definition) is 1. The predicted molar refractivity (Wildman–Crippen MR) is 101 cm³/mol. The molecule has 1 saturated carbocycles. The zero-order valence-corrected chi connectivity index (χ0v) is 15.0. The van der Waals surface area contributed by atoms with Crippen LogP contribution in [-0.4, -0.2) is 6.67 Å². The fourth-order valence-electron chi connectivity index (χ4n) is 4.19. The molecule has 0 aromatic heterocycles. The van der Waals surface area contributed by atoms with Crippen LogP contribution in [0.2, 0.25) is 0 Å². The van der Waals surface area contributed by atoms with E-state index in [-0.39, 0.29) is 12.5 Å². The van der Waals surface area contributed by atoms with Crippen molar-refractivity contribution in [3.8, 4) is 6.07 Å². The van der Waals surface area contributed by atoms with Crippen LogP contribution in [0.1, 0.15) is 44.1 Å². The predicted octanol–water partition coefficient (Wildman–Crippen LogP) is 6.40. The summed E-state index contributed by atoms with van der Waals surface area (Å²) in [4.78, 5) is 0. The highest BCUT2D eigenvalue weighted by Gasteiger charge is 2.39. The van der Waals surface area contributed by atoms with E-state index in [0.29, 0.717) is 24.7 Å². The summed E-state index contributed by atoms with van der Waals surface area (Å²) < 4.78 is 25.7. The summed E-state index contributed by atoms with van der Waals surface area (Å²) in [5.74, 6) is 0.618. The molecule has 3 heteroatoms. The van der Waals surface area contributed by atoms with Gasteiger partial charge in [-0.25, -0.2) is 4.39 Å². The Morgan fingerprint density at radius 2 is 2.04 bits per heavy atom. The monoisotopic (exact) mass is 353 g/mol. The number of halogens is 2. The lowest BCUT2D eigenvalue weighted by Crippen LogP contribution is -2.31. The van der Waals surface area contributed by atoms with Gasteiger partial charge in [0.05, 0.1) is 18.2 Å². The lowest BCUT2D eigenvalue weighted by atomic mass is 9.64. The number of alkyl halides is 1. The Labute approximate surface area is 154 Å². The van der Waals surface area contributed by atoms with Crippen LogP contribution in [0.5, 0.6) is 0 Å². The molecule has 0 bridgehead atoms. The zero-order chi connectivity index (χ0) is 18.4. The fraction of sp³-hybridized carbons (Fsp3) is 0.435. The van der Waals surface area contributed by atoms with Crippen LogP contribution < -0.4 is 0 Å². The Morgan fingerprint density at radius 1 is 1.23 bits per heavy atom. The molecule has 1 aromatic rings. The summed E-state index contributed by atoms with van der Waals surface area (Å²) in [7, 11) is 0. The molecule has 2 aliphatic carbocycles. The van der Waals surface area contributed by atoms with Crippen molar-refractivity contribution >= 4 is 5.57 Å². The molecule has 1 aromatic carbocycles. The van der Waals surface area contributed by atoms with E-state index in [4.69, 9.17) is 0 Å². The van der Waals surface area contributed by atoms with Gasteiger partial charge in [-0.05, 0) is 73.6 Å². The van der Waals surface area contributed by atoms with Crippen molar-refractivity contribution in [2.45, 2.75) is 38.5 Å². The topological polar surface area (TPSA) is 23.8 Å². The van der Waals surface area contributed by atoms with Gasteiger partial charge in [0.15, 0.2) is 0 Å². The van der Waals surface area contributed by atoms with Crippen molar-refractivity contribution in [1.82, 2.24) is 0 Å². The van der Waals surface area contributed by atoms with Crippen LogP contribution in [-0.2, 0) is 0 Å². The quantitative estimate of drug-likeness (QED) is 0.562. The summed E-state index contributed by atoms with van der Waals surface area (Å²) in [6.45, 7) is -0.297. The molecule has 2 aliphatic rings. The van der Waals surface area contributed by atoms with E-state index in [0.717, 1.165) is 36.8 Å². The number of benzene rings is 1. The van der Waals surface area contributed by atoms with Gasteiger partial charge in [-0.1, -0.05) is 42.5 Å². The minimum Gasteiger partial charge on any atom is -0.251 e. The van der Waals surface area contributed by atoms with Gasteiger partial charge < -0.3 is 0 Å². The second-order valence-electron chi connectivity index (χ2n) is 7.38. The number of nitriles is 1. The molecular weight excluding hydrogens is 328 g/mol. The molecular formula is C23H25F2N. The maximum atomic E-state index is 13.4. The SMILES string of the molecule is N#CC1(C2CCC(C=CCCF)CC2)C=CC(c2cccc(F)c2)=CC1. The van der Waals surface area contributed by atoms with Crippen molar-refractivity contribution in [1.29, 1.82) is 5.26 Å². The number of hydrogen-bond donors (Lipinski definition) is 0. The first-order chi connectivity index (χ1) is 12.7. The molecule has 0 amide bonds. The summed E-state index contributed by atoms with van der Waals surface area (Å²) in [5.41, 5.74) is 1.39. The first-order valence-corrected chi connectivity index (χ1v) is 9.46. The van der Waals surface area contributed by atoms with Gasteiger partial charge in [0.2, 0.25) is 0 Å². The molecule has 0 N–H and O–H groups in total. The van der Waals surface area contributed by atoms with Crippen LogP contribution in [0.25, 0.3) is 5.57 Å². The molecule has 0 saturated heterocycles. The Kier molecular flexibility index (Phi) is 6.04. The van der Waals surface area contributed by atoms with Crippen molar-refractivity contribution in [3.63, 3.8) is 0 Å². The summed E-state index contributed by atoms with van der Waals surface area (Å²) in [6, 6.07) is 9.15. The van der Waals surface area contributed by atoms with Crippen LogP contribution in [0.15, 0.2) is 54.6 Å². The van der Waals surface area contributed by atoms with Crippen LogP contribution in [0.4, 0.5) is 8.78 Å². The van der Waals surface area contributed by atoms with Gasteiger partial charge in [-0.15, -0.1) is 0 Å². The third kappa shape index (κ3) is 4.12. The van der Waals surface area contributed by atoms with Crippen molar-refractivity contribution in [2.75, 3.05) is 6.67 Å². The minimum atomic E-state index is -0.454. The fourth-order valence-corrected chi connectivity index (χ4v) is 4.19. The number of rotatable bonds is 5. The average molecular weight is 353 g/mol. The Hall–Kier alpha value is -2.21. The van der Waals surface area contributed by atoms with Gasteiger partial charge >= 0.3 is 0 Å². The van der Waals surface area contributed by atoms with Crippen molar-refractivity contribution < 1.29 is 8.78 Å². The molecule has 0 heterocycles. The normalized spacial score (nSPS) is 28.7. The highest BCUT2D eigenvalue weighted by atomic mass is 19.1. The van der Waals surface area contributed by atoms with E-state index < -0.39 is 5.41 Å². The van der Waals surface area contributed by atoms with Gasteiger partial charge in [0.1, 0.15) is 5.82 Å². The van der Waals surface area contributed by atoms with E-state index in [9.17, 15) is 14.0 Å². The third-order valence-electron chi connectivity index (χ3n) is 5.77. The molecule has 0 spiro atoms. The minimum absolute atomic E-state index is 0.243. The van der Waals surface area contributed by atoms with Crippen molar-refractivity contribution in [3.05, 3.63) is 66.0 Å². The van der Waals surface area contributed by atoms with E-state index in [1.807, 2.05) is 24.3 Å².